The minimum Gasteiger partial charge on any atom is -0.503 e. The minimum atomic E-state index is -0.705. The molecule has 1 atom stereocenters. The topological polar surface area (TPSA) is 83.0 Å². The quantitative estimate of drug-likeness (QED) is 0.338. The number of ketones is 1. The Morgan fingerprint density at radius 1 is 1.13 bits per heavy atom. The molecule has 3 heterocycles. The molecule has 3 aromatic rings. The van der Waals surface area contributed by atoms with Crippen LogP contribution in [0.3, 0.4) is 0 Å². The summed E-state index contributed by atoms with van der Waals surface area (Å²) in [6, 6.07) is 16.2. The van der Waals surface area contributed by atoms with Gasteiger partial charge in [0.1, 0.15) is 0 Å². The number of aliphatic hydroxyl groups is 1. The van der Waals surface area contributed by atoms with E-state index in [9.17, 15) is 14.7 Å². The molecule has 0 radical (unpaired) electrons. The van der Waals surface area contributed by atoms with Crippen molar-refractivity contribution in [3.8, 4) is 0 Å². The summed E-state index contributed by atoms with van der Waals surface area (Å²) >= 11 is 8.89. The first-order valence-corrected chi connectivity index (χ1v) is 14.5. The average molecular weight is 570 g/mol. The third kappa shape index (κ3) is 5.82. The number of carbonyl (C=O) groups excluding carboxylic acids is 2. The van der Waals surface area contributed by atoms with Gasteiger partial charge in [0.15, 0.2) is 10.1 Å². The number of aromatic nitrogens is 1. The maximum atomic E-state index is 13.9. The van der Waals surface area contributed by atoms with Crippen LogP contribution in [0.25, 0.3) is 0 Å². The number of hydrogen-bond donors (Lipinski definition) is 1. The third-order valence-electron chi connectivity index (χ3n) is 6.64. The lowest BCUT2D eigenvalue weighted by atomic mass is 9.95. The summed E-state index contributed by atoms with van der Waals surface area (Å²) in [5.41, 5.74) is 1.39. The van der Waals surface area contributed by atoms with Crippen LogP contribution in [0, 0.1) is 6.92 Å². The standard InChI is InChI=1S/C28H28ClN3O4S2/c1-18-26(38-28(30-18)37-21-6-3-2-4-7-21)24(33)22-23(19-8-10-20(29)11-9-19)32(27(35)25(22)34)13-5-12-31-14-16-36-17-15-31/h2-4,6-11,23,34H,5,12-17H2,1H3/t23-/m0/s1. The van der Waals surface area contributed by atoms with Crippen molar-refractivity contribution in [2.45, 2.75) is 28.6 Å². The minimum absolute atomic E-state index is 0.0895. The summed E-state index contributed by atoms with van der Waals surface area (Å²) in [6.07, 6.45) is 0.710. The number of aliphatic hydroxyl groups excluding tert-OH is 1. The third-order valence-corrected chi connectivity index (χ3v) is 9.12. The first kappa shape index (κ1) is 26.9. The van der Waals surface area contributed by atoms with E-state index in [1.165, 1.54) is 23.1 Å². The molecule has 0 saturated carbocycles. The van der Waals surface area contributed by atoms with Gasteiger partial charge in [0, 0.05) is 36.1 Å². The molecule has 1 fully saturated rings. The molecule has 2 aliphatic rings. The van der Waals surface area contributed by atoms with Gasteiger partial charge < -0.3 is 14.7 Å². The van der Waals surface area contributed by atoms with Gasteiger partial charge in [0.25, 0.3) is 5.91 Å². The second kappa shape index (κ2) is 12.0. The van der Waals surface area contributed by atoms with Crippen LogP contribution < -0.4 is 0 Å². The van der Waals surface area contributed by atoms with Crippen LogP contribution in [0.2, 0.25) is 5.02 Å². The largest absolute Gasteiger partial charge is 0.503 e. The Kier molecular flexibility index (Phi) is 8.50. The highest BCUT2D eigenvalue weighted by molar-refractivity contribution is 8.01. The number of carbonyl (C=O) groups is 2. The van der Waals surface area contributed by atoms with E-state index in [1.54, 1.807) is 36.1 Å². The van der Waals surface area contributed by atoms with E-state index < -0.39 is 17.7 Å². The van der Waals surface area contributed by atoms with Gasteiger partial charge in [-0.1, -0.05) is 53.7 Å². The monoisotopic (exact) mass is 569 g/mol. The highest BCUT2D eigenvalue weighted by Crippen LogP contribution is 2.41. The van der Waals surface area contributed by atoms with Gasteiger partial charge >= 0.3 is 0 Å². The van der Waals surface area contributed by atoms with Crippen LogP contribution in [0.5, 0.6) is 0 Å². The fourth-order valence-electron chi connectivity index (χ4n) is 4.73. The molecule has 1 aromatic heterocycles. The zero-order chi connectivity index (χ0) is 26.6. The van der Waals surface area contributed by atoms with Crippen molar-refractivity contribution in [2.24, 2.45) is 0 Å². The fraction of sp³-hybridized carbons (Fsp3) is 0.321. The van der Waals surface area contributed by atoms with Gasteiger partial charge in [-0.15, -0.1) is 11.3 Å². The molecule has 7 nitrogen and oxygen atoms in total. The predicted octanol–water partition coefficient (Wildman–Crippen LogP) is 5.56. The summed E-state index contributed by atoms with van der Waals surface area (Å²) < 4.78 is 6.15. The maximum absolute atomic E-state index is 13.9. The molecule has 0 spiro atoms. The molecular formula is C28H28ClN3O4S2. The molecule has 2 aliphatic heterocycles. The first-order chi connectivity index (χ1) is 18.4. The summed E-state index contributed by atoms with van der Waals surface area (Å²) in [7, 11) is 0. The van der Waals surface area contributed by atoms with Crippen molar-refractivity contribution in [1.29, 1.82) is 0 Å². The molecule has 1 saturated heterocycles. The van der Waals surface area contributed by atoms with E-state index >= 15 is 0 Å². The Labute approximate surface area is 235 Å². The zero-order valence-corrected chi connectivity index (χ0v) is 23.3. The molecule has 0 aliphatic carbocycles. The Morgan fingerprint density at radius 2 is 1.84 bits per heavy atom. The number of halogens is 1. The van der Waals surface area contributed by atoms with Crippen LogP contribution in [-0.2, 0) is 9.53 Å². The number of morpholine rings is 1. The molecule has 38 heavy (non-hydrogen) atoms. The van der Waals surface area contributed by atoms with E-state index in [-0.39, 0.29) is 11.4 Å². The van der Waals surface area contributed by atoms with E-state index in [2.05, 4.69) is 9.88 Å². The second-order valence-corrected chi connectivity index (χ2v) is 11.9. The highest BCUT2D eigenvalue weighted by Gasteiger charge is 2.44. The summed E-state index contributed by atoms with van der Waals surface area (Å²) in [5.74, 6) is -1.40. The van der Waals surface area contributed by atoms with Gasteiger partial charge in [0.2, 0.25) is 5.78 Å². The summed E-state index contributed by atoms with van der Waals surface area (Å²) in [6.45, 7) is 6.11. The Balaban J connectivity index is 1.42. The average Bonchev–Trinajstić information content (AvgIpc) is 3.41. The van der Waals surface area contributed by atoms with Gasteiger partial charge in [-0.3, -0.25) is 14.5 Å². The van der Waals surface area contributed by atoms with Crippen molar-refractivity contribution in [1.82, 2.24) is 14.8 Å². The molecule has 2 aromatic carbocycles. The van der Waals surface area contributed by atoms with E-state index in [4.69, 9.17) is 16.3 Å². The molecule has 0 unspecified atom stereocenters. The lowest BCUT2D eigenvalue weighted by molar-refractivity contribution is -0.129. The number of aryl methyl sites for hydroxylation is 1. The van der Waals surface area contributed by atoms with E-state index in [1.807, 2.05) is 30.3 Å². The lowest BCUT2D eigenvalue weighted by Gasteiger charge is -2.30. The van der Waals surface area contributed by atoms with Crippen molar-refractivity contribution in [2.75, 3.05) is 39.4 Å². The number of thiazole rings is 1. The van der Waals surface area contributed by atoms with Crippen LogP contribution in [0.4, 0.5) is 0 Å². The number of benzene rings is 2. The van der Waals surface area contributed by atoms with E-state index in [0.29, 0.717) is 41.8 Å². The Bertz CT molecular complexity index is 1340. The second-order valence-electron chi connectivity index (χ2n) is 9.16. The SMILES string of the molecule is Cc1nc(Sc2ccccc2)sc1C(=O)C1=C(O)C(=O)N(CCCN2CCOCC2)[C@H]1c1ccc(Cl)cc1. The van der Waals surface area contributed by atoms with Crippen LogP contribution >= 0.6 is 34.7 Å². The number of hydrogen-bond acceptors (Lipinski definition) is 8. The number of rotatable bonds is 9. The summed E-state index contributed by atoms with van der Waals surface area (Å²) in [5, 5.41) is 11.6. The fourth-order valence-corrected chi connectivity index (χ4v) is 7.00. The van der Waals surface area contributed by atoms with Crippen LogP contribution in [0.15, 0.2) is 75.2 Å². The molecule has 1 amide bonds. The zero-order valence-electron chi connectivity index (χ0n) is 20.9. The lowest BCUT2D eigenvalue weighted by Crippen LogP contribution is -2.39. The molecule has 198 valence electrons. The van der Waals surface area contributed by atoms with Gasteiger partial charge in [-0.2, -0.15) is 0 Å². The maximum Gasteiger partial charge on any atom is 0.290 e. The smallest absolute Gasteiger partial charge is 0.290 e. The molecule has 1 N–H and O–H groups in total. The number of ether oxygens (including phenoxy) is 1. The van der Waals surface area contributed by atoms with Crippen molar-refractivity contribution in [3.05, 3.63) is 87.1 Å². The van der Waals surface area contributed by atoms with Gasteiger partial charge in [0.05, 0.1) is 35.4 Å². The number of amides is 1. The first-order valence-electron chi connectivity index (χ1n) is 12.5. The van der Waals surface area contributed by atoms with Crippen molar-refractivity contribution in [3.63, 3.8) is 0 Å². The van der Waals surface area contributed by atoms with Crippen LogP contribution in [-0.4, -0.2) is 71.0 Å². The van der Waals surface area contributed by atoms with Crippen LogP contribution in [0.1, 0.15) is 33.4 Å². The Morgan fingerprint density at radius 3 is 2.55 bits per heavy atom. The molecule has 10 heteroatoms. The highest BCUT2D eigenvalue weighted by atomic mass is 35.5. The number of Topliss-reactive ketones (excluding diaryl/α,β-unsaturated/α-hetero) is 1. The molecule has 5 rings (SSSR count). The van der Waals surface area contributed by atoms with Crippen molar-refractivity contribution < 1.29 is 19.4 Å². The van der Waals surface area contributed by atoms with E-state index in [0.717, 1.165) is 34.4 Å². The molecule has 0 bridgehead atoms. The number of nitrogens with zero attached hydrogens (tertiary/aromatic N) is 3. The van der Waals surface area contributed by atoms with Gasteiger partial charge in [-0.05, 0) is 43.2 Å². The summed E-state index contributed by atoms with van der Waals surface area (Å²) in [4.78, 5) is 37.2. The van der Waals surface area contributed by atoms with Crippen molar-refractivity contribution >= 4 is 46.4 Å². The predicted molar refractivity (Wildman–Crippen MR) is 149 cm³/mol. The van der Waals surface area contributed by atoms with Gasteiger partial charge in [-0.25, -0.2) is 4.98 Å². The normalized spacial score (nSPS) is 18.4. The molecular weight excluding hydrogens is 542 g/mol. The Hall–Kier alpha value is -2.69.